The van der Waals surface area contributed by atoms with Crippen molar-refractivity contribution >= 4 is 52.3 Å². The van der Waals surface area contributed by atoms with Crippen LogP contribution in [0, 0.1) is 0 Å². The fourth-order valence-electron chi connectivity index (χ4n) is 7.98. The van der Waals surface area contributed by atoms with Crippen molar-refractivity contribution < 1.29 is 60.8 Å². The molecule has 1 unspecified atom stereocenters. The normalized spacial score (nSPS) is 17.2. The van der Waals surface area contributed by atoms with Crippen LogP contribution in [-0.4, -0.2) is 159 Å². The molecule has 4 aliphatic heterocycles. The summed E-state index contributed by atoms with van der Waals surface area (Å²) in [6.07, 6.45) is 3.61. The summed E-state index contributed by atoms with van der Waals surface area (Å²) in [7, 11) is 0. The number of carbonyl (C=O) groups is 5. The van der Waals surface area contributed by atoms with E-state index in [1.807, 2.05) is 24.3 Å². The van der Waals surface area contributed by atoms with Gasteiger partial charge in [-0.25, -0.2) is 0 Å². The maximum Gasteiger partial charge on any atom is 0.418 e. The number of ether oxygens (including phenoxy) is 5. The zero-order valence-electron chi connectivity index (χ0n) is 39.8. The molecule has 2 aromatic carbocycles. The number of amides is 5. The molecule has 0 aromatic heterocycles. The van der Waals surface area contributed by atoms with E-state index in [0.29, 0.717) is 61.9 Å². The van der Waals surface area contributed by atoms with Crippen molar-refractivity contribution in [3.8, 4) is 0 Å². The number of rotatable bonds is 26. The highest BCUT2D eigenvalue weighted by Crippen LogP contribution is 2.43. The largest absolute Gasteiger partial charge is 0.418 e. The topological polar surface area (TPSA) is 228 Å². The van der Waals surface area contributed by atoms with Gasteiger partial charge in [0.05, 0.1) is 82.8 Å². The van der Waals surface area contributed by atoms with Crippen molar-refractivity contribution in [1.82, 2.24) is 20.9 Å². The van der Waals surface area contributed by atoms with E-state index in [9.17, 15) is 37.1 Å². The first-order valence-electron chi connectivity index (χ1n) is 23.7. The van der Waals surface area contributed by atoms with Crippen LogP contribution in [0.25, 0.3) is 5.57 Å². The molecular formula is C49H62F3N9O10. The number of fused-ring (bicyclic) bond motifs is 3. The number of alkyl halides is 3. The Kier molecular flexibility index (Phi) is 20.7. The molecule has 2 aromatic rings. The number of nitrogens with zero attached hydrogens (tertiary/aromatic N) is 5. The fraction of sp³-hybridized carbons (Fsp3) is 0.490. The van der Waals surface area contributed by atoms with Crippen LogP contribution in [-0.2, 0) is 53.8 Å². The highest BCUT2D eigenvalue weighted by Gasteiger charge is 2.39. The molecule has 1 atom stereocenters. The number of hydrogen-bond donors (Lipinski definition) is 4. The molecule has 1 fully saturated rings. The number of halogens is 3. The number of amidine groups is 1. The lowest BCUT2D eigenvalue weighted by molar-refractivity contribution is -0.137. The second-order valence-electron chi connectivity index (χ2n) is 16.5. The Morgan fingerprint density at radius 3 is 2.03 bits per heavy atom. The Balaban J connectivity index is 0.833. The van der Waals surface area contributed by atoms with E-state index in [-0.39, 0.29) is 133 Å². The summed E-state index contributed by atoms with van der Waals surface area (Å²) >= 11 is 0. The quantitative estimate of drug-likeness (QED) is 0.0977. The van der Waals surface area contributed by atoms with Crippen LogP contribution >= 0.6 is 0 Å². The van der Waals surface area contributed by atoms with E-state index >= 15 is 0 Å². The molecule has 4 aliphatic rings. The monoisotopic (exact) mass is 993 g/mol. The Bertz CT molecular complexity index is 2460. The molecular weight excluding hydrogens is 932 g/mol. The van der Waals surface area contributed by atoms with E-state index in [2.05, 4.69) is 25.9 Å². The van der Waals surface area contributed by atoms with Crippen molar-refractivity contribution in [3.05, 3.63) is 94.2 Å². The highest BCUT2D eigenvalue weighted by atomic mass is 19.4. The van der Waals surface area contributed by atoms with Crippen LogP contribution in [0.3, 0.4) is 0 Å². The van der Waals surface area contributed by atoms with E-state index in [0.717, 1.165) is 16.9 Å². The second kappa shape index (κ2) is 27.2. The maximum atomic E-state index is 14.9. The fourth-order valence-corrected chi connectivity index (χ4v) is 7.98. The molecule has 0 spiro atoms. The van der Waals surface area contributed by atoms with E-state index in [4.69, 9.17) is 29.4 Å². The maximum absolute atomic E-state index is 14.9. The lowest BCUT2D eigenvalue weighted by Gasteiger charge is -2.39. The van der Waals surface area contributed by atoms with Gasteiger partial charge in [-0.2, -0.15) is 13.2 Å². The van der Waals surface area contributed by atoms with Crippen LogP contribution in [0.5, 0.6) is 0 Å². The van der Waals surface area contributed by atoms with Crippen molar-refractivity contribution in [2.75, 3.05) is 128 Å². The van der Waals surface area contributed by atoms with Gasteiger partial charge < -0.3 is 55.2 Å². The third-order valence-corrected chi connectivity index (χ3v) is 11.6. The van der Waals surface area contributed by atoms with Crippen molar-refractivity contribution in [2.45, 2.75) is 38.4 Å². The minimum atomic E-state index is -4.74. The van der Waals surface area contributed by atoms with Crippen LogP contribution in [0.15, 0.2) is 82.5 Å². The Hall–Kier alpha value is -6.46. The number of nitrogens with one attached hydrogen (secondary N) is 3. The van der Waals surface area contributed by atoms with Crippen LogP contribution in [0.2, 0.25) is 0 Å². The van der Waals surface area contributed by atoms with Gasteiger partial charge in [-0.1, -0.05) is 12.1 Å². The van der Waals surface area contributed by atoms with Crippen LogP contribution in [0.1, 0.15) is 43.4 Å². The minimum absolute atomic E-state index is 0.0229. The summed E-state index contributed by atoms with van der Waals surface area (Å²) < 4.78 is 71.6. The predicted octanol–water partition coefficient (Wildman–Crippen LogP) is 1.21. The first kappa shape index (κ1) is 53.9. The molecule has 384 valence electrons. The molecule has 0 radical (unpaired) electrons. The lowest BCUT2D eigenvalue weighted by atomic mass is 9.90. The number of aliphatic imine (C=N–C) groups is 1. The third-order valence-electron chi connectivity index (χ3n) is 11.6. The molecule has 0 bridgehead atoms. The van der Waals surface area contributed by atoms with E-state index < -0.39 is 23.7 Å². The number of nitrogens with two attached hydrogens (primary N) is 1. The van der Waals surface area contributed by atoms with E-state index in [1.54, 1.807) is 35.1 Å². The van der Waals surface area contributed by atoms with Gasteiger partial charge in [0.1, 0.15) is 12.4 Å². The molecule has 4 heterocycles. The molecule has 0 saturated carbocycles. The van der Waals surface area contributed by atoms with Crippen molar-refractivity contribution in [2.24, 2.45) is 15.7 Å². The molecule has 5 amide bonds. The van der Waals surface area contributed by atoms with Crippen LogP contribution in [0.4, 0.5) is 24.5 Å². The SMILES string of the molecule is CCOCC(=O)NCCNC(=O)CCC(=O)NCCOCCOCCOCCOCCC(=O)N1CCN(c2ccc(N3C(=O)C=CC4=CN=c5ccc(=C6C=CC(N)=NC6)cc5C43)cc2C(F)(F)F)CC1. The summed E-state index contributed by atoms with van der Waals surface area (Å²) in [5.41, 5.74) is 7.24. The average Bonchev–Trinajstić information content (AvgIpc) is 3.37. The van der Waals surface area contributed by atoms with Gasteiger partial charge in [0.2, 0.25) is 23.6 Å². The number of benzene rings is 2. The Morgan fingerprint density at radius 2 is 1.38 bits per heavy atom. The standard InChI is InChI=1S/C49H62F3N9O10/c1-2-67-33-45(64)55-15-14-54-43(62)10-11-44(63)56-16-22-69-24-26-71-28-27-70-25-23-68-21-13-46(65)60-19-17-59(18-20-60)41-8-6-37(30-39(41)49(50,51)52)61-47(66)12-5-36-32-57-40-7-3-34(29-38(40)48(36)61)35-4-9-42(53)58-31-35/h3-9,12,29-30,32,48H,2,10-11,13-28,31,33H2,1H3,(H2,53,58)(H,54,62)(H,55,64)(H,56,63). The summed E-state index contributed by atoms with van der Waals surface area (Å²) in [5, 5.41) is 9.37. The molecule has 5 N–H and O–H groups in total. The summed E-state index contributed by atoms with van der Waals surface area (Å²) in [5.74, 6) is -1.05. The van der Waals surface area contributed by atoms with Gasteiger partial charge in [0, 0.05) is 94.5 Å². The molecule has 71 heavy (non-hydrogen) atoms. The first-order chi connectivity index (χ1) is 34.3. The Morgan fingerprint density at radius 1 is 0.732 bits per heavy atom. The van der Waals surface area contributed by atoms with Gasteiger partial charge in [0.15, 0.2) is 0 Å². The average molecular weight is 994 g/mol. The second-order valence-corrected chi connectivity index (χ2v) is 16.5. The summed E-state index contributed by atoms with van der Waals surface area (Å²) in [6, 6.07) is 8.88. The number of piperazine rings is 1. The molecule has 6 rings (SSSR count). The van der Waals surface area contributed by atoms with Crippen LogP contribution < -0.4 is 42.1 Å². The van der Waals surface area contributed by atoms with Crippen molar-refractivity contribution in [3.63, 3.8) is 0 Å². The number of dihydropyridines is 1. The molecule has 0 aliphatic carbocycles. The highest BCUT2D eigenvalue weighted by molar-refractivity contribution is 6.04. The number of carbonyl (C=O) groups excluding carboxylic acids is 5. The molecule has 1 saturated heterocycles. The summed E-state index contributed by atoms with van der Waals surface area (Å²) in [6.45, 7) is 6.44. The van der Waals surface area contributed by atoms with Gasteiger partial charge in [-0.15, -0.1) is 0 Å². The van der Waals surface area contributed by atoms with E-state index in [1.165, 1.54) is 23.1 Å². The number of hydrogen-bond acceptors (Lipinski definition) is 14. The Labute approximate surface area is 409 Å². The first-order valence-corrected chi connectivity index (χ1v) is 23.7. The zero-order chi connectivity index (χ0) is 50.6. The summed E-state index contributed by atoms with van der Waals surface area (Å²) in [4.78, 5) is 75.4. The minimum Gasteiger partial charge on any atom is -0.384 e. The van der Waals surface area contributed by atoms with Gasteiger partial charge >= 0.3 is 6.18 Å². The predicted molar refractivity (Wildman–Crippen MR) is 257 cm³/mol. The van der Waals surface area contributed by atoms with Gasteiger partial charge in [-0.3, -0.25) is 38.9 Å². The lowest BCUT2D eigenvalue weighted by Crippen LogP contribution is -2.49. The zero-order valence-corrected chi connectivity index (χ0v) is 39.8. The molecule has 22 heteroatoms. The molecule has 19 nitrogen and oxygen atoms in total. The van der Waals surface area contributed by atoms with Gasteiger partial charge in [0.25, 0.3) is 5.91 Å². The number of anilines is 2. The smallest absolute Gasteiger partial charge is 0.384 e. The third kappa shape index (κ3) is 16.3. The van der Waals surface area contributed by atoms with Gasteiger partial charge in [-0.05, 0) is 65.8 Å². The van der Waals surface area contributed by atoms with Crippen molar-refractivity contribution in [1.29, 1.82) is 0 Å².